The molecule has 2 N–H and O–H groups in total. The standard InChI is InChI=1S/C36H36ClN3O7S2/c1-47-32-19-17-31(18-20-32)39(48(43)44)21-4-5-22-40(35-10-3-2-9-33(35)36(41)42)49(45,46)25-27-8-6-7-26(23-27)11-15-30-16-13-28-12-14-29(37)24-34(28)38-30/h2-3,6-10,12-14,16-20,23-24H,4-5,11,15,21-22,25H2,1H3,(H,41,42)(H,43,44). The topological polar surface area (TPSA) is 137 Å². The molecular weight excluding hydrogens is 686 g/mol. The molecule has 0 saturated heterocycles. The summed E-state index contributed by atoms with van der Waals surface area (Å²) in [5, 5.41) is 11.5. The summed E-state index contributed by atoms with van der Waals surface area (Å²) >= 11 is 3.83. The van der Waals surface area contributed by atoms with E-state index in [1.54, 1.807) is 42.5 Å². The highest BCUT2D eigenvalue weighted by Crippen LogP contribution is 2.27. The van der Waals surface area contributed by atoms with Crippen LogP contribution in [0.4, 0.5) is 11.4 Å². The number of rotatable bonds is 16. The van der Waals surface area contributed by atoms with Gasteiger partial charge in [-0.3, -0.25) is 18.1 Å². The zero-order chi connectivity index (χ0) is 35.0. The fraction of sp³-hybridized carbons (Fsp3) is 0.222. The van der Waals surface area contributed by atoms with E-state index in [2.05, 4.69) is 0 Å². The highest BCUT2D eigenvalue weighted by Gasteiger charge is 2.27. The maximum atomic E-state index is 14.0. The Hall–Kier alpha value is -4.49. The first-order valence-corrected chi connectivity index (χ1v) is 18.6. The highest BCUT2D eigenvalue weighted by molar-refractivity contribution is 7.92. The SMILES string of the molecule is COc1ccc(N(CCCCN(c2ccccc2C(=O)O)S(=O)(=O)Cc2cccc(CCc3ccc4ccc(Cl)cc4n3)c2)S(=O)O)cc1. The molecule has 0 bridgehead atoms. The number of hydrogen-bond acceptors (Lipinski definition) is 6. The third-order valence-corrected chi connectivity index (χ3v) is 10.7. The Bertz CT molecular complexity index is 2060. The van der Waals surface area contributed by atoms with Gasteiger partial charge in [0.25, 0.3) is 11.3 Å². The maximum Gasteiger partial charge on any atom is 0.337 e. The lowest BCUT2D eigenvalue weighted by atomic mass is 10.0. The number of methoxy groups -OCH3 is 1. The molecule has 0 spiro atoms. The van der Waals surface area contributed by atoms with Crippen molar-refractivity contribution in [3.8, 4) is 5.75 Å². The monoisotopic (exact) mass is 721 g/mol. The fourth-order valence-corrected chi connectivity index (χ4v) is 7.92. The van der Waals surface area contributed by atoms with Crippen LogP contribution < -0.4 is 13.3 Å². The van der Waals surface area contributed by atoms with Crippen LogP contribution in [-0.2, 0) is 39.9 Å². The predicted octanol–water partition coefficient (Wildman–Crippen LogP) is 7.14. The van der Waals surface area contributed by atoms with Gasteiger partial charge in [0.1, 0.15) is 5.75 Å². The molecule has 0 aliphatic carbocycles. The minimum absolute atomic E-state index is 0.0293. The quantitative estimate of drug-likeness (QED) is 0.0811. The zero-order valence-corrected chi connectivity index (χ0v) is 29.1. The van der Waals surface area contributed by atoms with E-state index in [9.17, 15) is 27.1 Å². The summed E-state index contributed by atoms with van der Waals surface area (Å²) in [5.41, 5.74) is 3.63. The summed E-state index contributed by atoms with van der Waals surface area (Å²) in [6.45, 7) is 0.129. The third kappa shape index (κ3) is 9.36. The smallest absolute Gasteiger partial charge is 0.337 e. The molecule has 5 aromatic rings. The van der Waals surface area contributed by atoms with Gasteiger partial charge in [0, 0.05) is 29.2 Å². The van der Waals surface area contributed by atoms with E-state index >= 15 is 0 Å². The average molecular weight is 722 g/mol. The predicted molar refractivity (Wildman–Crippen MR) is 194 cm³/mol. The number of aromatic nitrogens is 1. The van der Waals surface area contributed by atoms with Gasteiger partial charge in [0.2, 0.25) is 10.0 Å². The van der Waals surface area contributed by atoms with Gasteiger partial charge in [-0.05, 0) is 91.4 Å². The number of pyridine rings is 1. The van der Waals surface area contributed by atoms with Crippen molar-refractivity contribution < 1.29 is 31.8 Å². The number of sulfonamides is 1. The Labute approximate surface area is 293 Å². The number of aromatic carboxylic acids is 1. The number of carbonyl (C=O) groups is 1. The van der Waals surface area contributed by atoms with Gasteiger partial charge >= 0.3 is 5.97 Å². The van der Waals surface area contributed by atoms with Gasteiger partial charge in [-0.1, -0.05) is 60.1 Å². The summed E-state index contributed by atoms with van der Waals surface area (Å²) in [6.07, 6.45) is 1.92. The van der Waals surface area contributed by atoms with Crippen LogP contribution in [0.3, 0.4) is 0 Å². The number of benzene rings is 4. The lowest BCUT2D eigenvalue weighted by Gasteiger charge is -2.27. The van der Waals surface area contributed by atoms with E-state index in [0.717, 1.165) is 26.5 Å². The molecular formula is C36H36ClN3O7S2. The second-order valence-electron chi connectivity index (χ2n) is 11.3. The number of anilines is 2. The van der Waals surface area contributed by atoms with Crippen molar-refractivity contribution in [1.29, 1.82) is 0 Å². The zero-order valence-electron chi connectivity index (χ0n) is 26.7. The van der Waals surface area contributed by atoms with Gasteiger partial charge < -0.3 is 9.84 Å². The van der Waals surface area contributed by atoms with Crippen LogP contribution in [0.1, 0.15) is 40.0 Å². The molecule has 1 unspecified atom stereocenters. The molecule has 1 aromatic heterocycles. The molecule has 0 saturated carbocycles. The average Bonchev–Trinajstić information content (AvgIpc) is 3.08. The number of para-hydroxylation sites is 1. The molecule has 5 rings (SSSR count). The summed E-state index contributed by atoms with van der Waals surface area (Å²) in [6, 6.07) is 29.5. The van der Waals surface area contributed by atoms with Crippen LogP contribution in [0.2, 0.25) is 5.02 Å². The number of unbranched alkanes of at least 4 members (excludes halogenated alkanes) is 1. The molecule has 13 heteroatoms. The second kappa shape index (κ2) is 16.3. The summed E-state index contributed by atoms with van der Waals surface area (Å²) in [4.78, 5) is 16.8. The van der Waals surface area contributed by atoms with Crippen molar-refractivity contribution >= 4 is 61.1 Å². The van der Waals surface area contributed by atoms with Gasteiger partial charge in [-0.15, -0.1) is 0 Å². The van der Waals surface area contributed by atoms with E-state index in [1.807, 2.05) is 48.5 Å². The number of fused-ring (bicyclic) bond motifs is 1. The van der Waals surface area contributed by atoms with E-state index in [-0.39, 0.29) is 30.1 Å². The Morgan fingerprint density at radius 1 is 0.878 bits per heavy atom. The highest BCUT2D eigenvalue weighted by atomic mass is 35.5. The molecule has 49 heavy (non-hydrogen) atoms. The van der Waals surface area contributed by atoms with Gasteiger partial charge in [0.05, 0.1) is 35.3 Å². The molecule has 4 aromatic carbocycles. The molecule has 1 heterocycles. The lowest BCUT2D eigenvalue weighted by molar-refractivity contribution is 0.0697. The minimum Gasteiger partial charge on any atom is -0.497 e. The molecule has 256 valence electrons. The summed E-state index contributed by atoms with van der Waals surface area (Å²) < 4.78 is 57.7. The Morgan fingerprint density at radius 3 is 2.33 bits per heavy atom. The Balaban J connectivity index is 1.31. The molecule has 1 atom stereocenters. The molecule has 0 radical (unpaired) electrons. The van der Waals surface area contributed by atoms with E-state index in [1.165, 1.54) is 23.5 Å². The fourth-order valence-electron chi connectivity index (χ4n) is 5.55. The normalized spacial score (nSPS) is 12.1. The van der Waals surface area contributed by atoms with Gasteiger partial charge in [0.15, 0.2) is 0 Å². The van der Waals surface area contributed by atoms with E-state index in [4.69, 9.17) is 21.3 Å². The number of carboxylic acid groups (broad SMARTS) is 1. The van der Waals surface area contributed by atoms with Crippen molar-refractivity contribution in [3.05, 3.63) is 131 Å². The molecule has 0 amide bonds. The number of aryl methyl sites for hydroxylation is 2. The first-order valence-electron chi connectivity index (χ1n) is 15.5. The number of hydrogen-bond donors (Lipinski definition) is 2. The second-order valence-corrected chi connectivity index (χ2v) is 14.6. The van der Waals surface area contributed by atoms with Gasteiger partial charge in [-0.2, -0.15) is 0 Å². The van der Waals surface area contributed by atoms with E-state index in [0.29, 0.717) is 47.7 Å². The van der Waals surface area contributed by atoms with Crippen LogP contribution in [0, 0.1) is 0 Å². The number of carboxylic acids is 1. The molecule has 10 nitrogen and oxygen atoms in total. The van der Waals surface area contributed by atoms with Crippen LogP contribution in [0.25, 0.3) is 10.9 Å². The Kier molecular flexibility index (Phi) is 11.9. The Morgan fingerprint density at radius 2 is 1.59 bits per heavy atom. The lowest BCUT2D eigenvalue weighted by Crippen LogP contribution is -2.35. The molecule has 0 fully saturated rings. The first-order chi connectivity index (χ1) is 23.5. The minimum atomic E-state index is -4.07. The van der Waals surface area contributed by atoms with Crippen molar-refractivity contribution in [2.45, 2.75) is 31.4 Å². The van der Waals surface area contributed by atoms with Crippen molar-refractivity contribution in [3.63, 3.8) is 0 Å². The molecule has 0 aliphatic heterocycles. The first kappa shape index (κ1) is 35.8. The van der Waals surface area contributed by atoms with Crippen LogP contribution in [0.5, 0.6) is 5.75 Å². The van der Waals surface area contributed by atoms with Crippen molar-refractivity contribution in [2.24, 2.45) is 0 Å². The van der Waals surface area contributed by atoms with Crippen LogP contribution in [-0.4, -0.2) is 53.4 Å². The van der Waals surface area contributed by atoms with Crippen molar-refractivity contribution in [1.82, 2.24) is 4.98 Å². The third-order valence-electron chi connectivity index (χ3n) is 7.98. The van der Waals surface area contributed by atoms with Gasteiger partial charge in [-0.25, -0.2) is 17.4 Å². The number of halogens is 1. The van der Waals surface area contributed by atoms with Crippen LogP contribution >= 0.6 is 11.6 Å². The van der Waals surface area contributed by atoms with E-state index < -0.39 is 27.3 Å². The maximum absolute atomic E-state index is 14.0. The number of nitrogens with zero attached hydrogens (tertiary/aromatic N) is 3. The summed E-state index contributed by atoms with van der Waals surface area (Å²) in [5.74, 6) is -0.993. The van der Waals surface area contributed by atoms with Crippen LogP contribution in [0.15, 0.2) is 103 Å². The molecule has 0 aliphatic rings. The number of ether oxygens (including phenoxy) is 1. The van der Waals surface area contributed by atoms with Crippen molar-refractivity contribution in [2.75, 3.05) is 28.8 Å². The largest absolute Gasteiger partial charge is 0.497 e. The summed E-state index contributed by atoms with van der Waals surface area (Å²) in [7, 11) is -2.54.